The second-order valence-corrected chi connectivity index (χ2v) is 6.04. The standard InChI is InChI=1S/C13H12N2O5S/c1-9-5-6-10(7-13(9)16)14-21(19,20)12-4-2-3-11(8-12)15(17)18/h2-8,14,16H,1H3. The molecule has 0 radical (unpaired) electrons. The van der Waals surface area contributed by atoms with E-state index >= 15 is 0 Å². The third-order valence-electron chi connectivity index (χ3n) is 2.80. The zero-order chi connectivity index (χ0) is 15.6. The highest BCUT2D eigenvalue weighted by atomic mass is 32.2. The first-order valence-electron chi connectivity index (χ1n) is 5.86. The summed E-state index contributed by atoms with van der Waals surface area (Å²) in [6.07, 6.45) is 0. The molecule has 0 saturated heterocycles. The Bertz CT molecular complexity index is 802. The number of non-ortho nitro benzene ring substituents is 1. The molecular weight excluding hydrogens is 296 g/mol. The van der Waals surface area contributed by atoms with Gasteiger partial charge >= 0.3 is 0 Å². The molecule has 7 nitrogen and oxygen atoms in total. The Hall–Kier alpha value is -2.61. The topological polar surface area (TPSA) is 110 Å². The van der Waals surface area contributed by atoms with Crippen LogP contribution >= 0.6 is 0 Å². The maximum atomic E-state index is 12.2. The van der Waals surface area contributed by atoms with Crippen LogP contribution in [0.1, 0.15) is 5.56 Å². The Balaban J connectivity index is 2.36. The van der Waals surface area contributed by atoms with Crippen LogP contribution in [0, 0.1) is 17.0 Å². The van der Waals surface area contributed by atoms with Crippen LogP contribution < -0.4 is 4.72 Å². The van der Waals surface area contributed by atoms with Gasteiger partial charge in [0, 0.05) is 18.2 Å². The molecule has 8 heteroatoms. The van der Waals surface area contributed by atoms with Crippen LogP contribution in [-0.4, -0.2) is 18.4 Å². The van der Waals surface area contributed by atoms with Gasteiger partial charge in [-0.1, -0.05) is 12.1 Å². The predicted molar refractivity (Wildman–Crippen MR) is 76.7 cm³/mol. The molecule has 0 aliphatic carbocycles. The average molecular weight is 308 g/mol. The number of phenols is 1. The fourth-order valence-electron chi connectivity index (χ4n) is 1.65. The third-order valence-corrected chi connectivity index (χ3v) is 4.18. The van der Waals surface area contributed by atoms with Gasteiger partial charge in [0.1, 0.15) is 5.75 Å². The summed E-state index contributed by atoms with van der Waals surface area (Å²) in [7, 11) is -3.96. The van der Waals surface area contributed by atoms with Crippen molar-refractivity contribution in [3.05, 3.63) is 58.1 Å². The van der Waals surface area contributed by atoms with Crippen molar-refractivity contribution in [3.63, 3.8) is 0 Å². The van der Waals surface area contributed by atoms with E-state index in [0.29, 0.717) is 5.56 Å². The van der Waals surface area contributed by atoms with Gasteiger partial charge in [0.2, 0.25) is 0 Å². The molecule has 0 bridgehead atoms. The minimum Gasteiger partial charge on any atom is -0.508 e. The van der Waals surface area contributed by atoms with Crippen molar-refractivity contribution in [2.24, 2.45) is 0 Å². The number of rotatable bonds is 4. The molecule has 110 valence electrons. The normalized spacial score (nSPS) is 11.1. The predicted octanol–water partition coefficient (Wildman–Crippen LogP) is 2.41. The smallest absolute Gasteiger partial charge is 0.270 e. The fourth-order valence-corrected chi connectivity index (χ4v) is 2.74. The van der Waals surface area contributed by atoms with Crippen molar-refractivity contribution >= 4 is 21.4 Å². The summed E-state index contributed by atoms with van der Waals surface area (Å²) >= 11 is 0. The van der Waals surface area contributed by atoms with Gasteiger partial charge < -0.3 is 5.11 Å². The molecule has 0 amide bonds. The monoisotopic (exact) mass is 308 g/mol. The van der Waals surface area contributed by atoms with Crippen LogP contribution in [0.2, 0.25) is 0 Å². The van der Waals surface area contributed by atoms with Gasteiger partial charge in [-0.25, -0.2) is 8.42 Å². The summed E-state index contributed by atoms with van der Waals surface area (Å²) in [5, 5.41) is 20.2. The van der Waals surface area contributed by atoms with Crippen molar-refractivity contribution in [1.29, 1.82) is 0 Å². The highest BCUT2D eigenvalue weighted by Crippen LogP contribution is 2.24. The van der Waals surface area contributed by atoms with E-state index in [4.69, 9.17) is 0 Å². The molecule has 0 unspecified atom stereocenters. The molecule has 0 aliphatic heterocycles. The van der Waals surface area contributed by atoms with Crippen LogP contribution in [0.15, 0.2) is 47.4 Å². The minimum atomic E-state index is -3.96. The van der Waals surface area contributed by atoms with Crippen molar-refractivity contribution in [1.82, 2.24) is 0 Å². The van der Waals surface area contributed by atoms with E-state index in [1.54, 1.807) is 13.0 Å². The number of anilines is 1. The van der Waals surface area contributed by atoms with Crippen LogP contribution in [0.25, 0.3) is 0 Å². The van der Waals surface area contributed by atoms with Gasteiger partial charge in [-0.15, -0.1) is 0 Å². The van der Waals surface area contributed by atoms with Crippen molar-refractivity contribution < 1.29 is 18.4 Å². The van der Waals surface area contributed by atoms with E-state index in [2.05, 4.69) is 4.72 Å². The number of hydrogen-bond donors (Lipinski definition) is 2. The molecule has 2 rings (SSSR count). The van der Waals surface area contributed by atoms with Gasteiger partial charge in [-0.2, -0.15) is 0 Å². The van der Waals surface area contributed by atoms with E-state index in [1.165, 1.54) is 30.3 Å². The minimum absolute atomic E-state index is 0.0470. The Morgan fingerprint density at radius 3 is 2.52 bits per heavy atom. The van der Waals surface area contributed by atoms with E-state index in [0.717, 1.165) is 6.07 Å². The Kier molecular flexibility index (Phi) is 3.81. The zero-order valence-electron chi connectivity index (χ0n) is 11.0. The average Bonchev–Trinajstić information content (AvgIpc) is 2.43. The summed E-state index contributed by atoms with van der Waals surface area (Å²) in [6.45, 7) is 1.67. The van der Waals surface area contributed by atoms with E-state index < -0.39 is 14.9 Å². The first-order valence-corrected chi connectivity index (χ1v) is 7.35. The highest BCUT2D eigenvalue weighted by Gasteiger charge is 2.18. The zero-order valence-corrected chi connectivity index (χ0v) is 11.8. The molecule has 0 aromatic heterocycles. The lowest BCUT2D eigenvalue weighted by molar-refractivity contribution is -0.385. The molecule has 0 heterocycles. The van der Waals surface area contributed by atoms with Crippen molar-refractivity contribution in [2.75, 3.05) is 4.72 Å². The number of phenolic OH excluding ortho intramolecular Hbond substituents is 1. The van der Waals surface area contributed by atoms with Crippen LogP contribution in [0.4, 0.5) is 11.4 Å². The lowest BCUT2D eigenvalue weighted by Gasteiger charge is -2.09. The second-order valence-electron chi connectivity index (χ2n) is 4.36. The molecule has 2 N–H and O–H groups in total. The molecule has 0 saturated carbocycles. The number of aryl methyl sites for hydroxylation is 1. The SMILES string of the molecule is Cc1ccc(NS(=O)(=O)c2cccc([N+](=O)[O-])c2)cc1O. The Labute approximate surface area is 121 Å². The van der Waals surface area contributed by atoms with E-state index in [-0.39, 0.29) is 22.0 Å². The van der Waals surface area contributed by atoms with Gasteiger partial charge in [0.25, 0.3) is 15.7 Å². The first kappa shape index (κ1) is 14.8. The number of aromatic hydroxyl groups is 1. The van der Waals surface area contributed by atoms with Crippen molar-refractivity contribution in [2.45, 2.75) is 11.8 Å². The van der Waals surface area contributed by atoms with Gasteiger partial charge in [-0.3, -0.25) is 14.8 Å². The summed E-state index contributed by atoms with van der Waals surface area (Å²) in [6, 6.07) is 9.03. The van der Waals surface area contributed by atoms with E-state index in [1.807, 2.05) is 0 Å². The maximum absolute atomic E-state index is 12.2. The van der Waals surface area contributed by atoms with Gasteiger partial charge in [0.05, 0.1) is 15.5 Å². The second kappa shape index (κ2) is 5.41. The number of nitrogens with one attached hydrogen (secondary N) is 1. The number of sulfonamides is 1. The molecular formula is C13H12N2O5S. The van der Waals surface area contributed by atoms with Crippen LogP contribution in [-0.2, 0) is 10.0 Å². The first-order chi connectivity index (χ1) is 9.79. The lowest BCUT2D eigenvalue weighted by Crippen LogP contribution is -2.13. The van der Waals surface area contributed by atoms with Crippen LogP contribution in [0.5, 0.6) is 5.75 Å². The number of hydrogen-bond acceptors (Lipinski definition) is 5. The molecule has 0 fully saturated rings. The lowest BCUT2D eigenvalue weighted by atomic mass is 10.2. The van der Waals surface area contributed by atoms with Gasteiger partial charge in [0.15, 0.2) is 0 Å². The highest BCUT2D eigenvalue weighted by molar-refractivity contribution is 7.92. The molecule has 0 aliphatic rings. The summed E-state index contributed by atoms with van der Waals surface area (Å²) < 4.78 is 26.6. The summed E-state index contributed by atoms with van der Waals surface area (Å²) in [5.41, 5.74) is 0.461. The summed E-state index contributed by atoms with van der Waals surface area (Å²) in [4.78, 5) is 9.78. The summed E-state index contributed by atoms with van der Waals surface area (Å²) in [5.74, 6) is -0.0470. The molecule has 0 spiro atoms. The number of nitrogens with zero attached hydrogens (tertiary/aromatic N) is 1. The van der Waals surface area contributed by atoms with Crippen LogP contribution in [0.3, 0.4) is 0 Å². The third kappa shape index (κ3) is 3.29. The fraction of sp³-hybridized carbons (Fsp3) is 0.0769. The molecule has 0 atom stereocenters. The molecule has 21 heavy (non-hydrogen) atoms. The van der Waals surface area contributed by atoms with E-state index in [9.17, 15) is 23.6 Å². The van der Waals surface area contributed by atoms with Gasteiger partial charge in [-0.05, 0) is 24.6 Å². The molecule has 2 aromatic rings. The quantitative estimate of drug-likeness (QED) is 0.665. The maximum Gasteiger partial charge on any atom is 0.270 e. The van der Waals surface area contributed by atoms with Crippen molar-refractivity contribution in [3.8, 4) is 5.75 Å². The number of nitro groups is 1. The molecule has 2 aromatic carbocycles. The number of nitro benzene ring substituents is 1. The largest absolute Gasteiger partial charge is 0.508 e. The Morgan fingerprint density at radius 2 is 1.90 bits per heavy atom. The number of benzene rings is 2. The Morgan fingerprint density at radius 1 is 1.19 bits per heavy atom.